The zero-order valence-electron chi connectivity index (χ0n) is 6.64. The lowest BCUT2D eigenvalue weighted by Crippen LogP contribution is -2.23. The van der Waals surface area contributed by atoms with Gasteiger partial charge in [-0.2, -0.15) is 0 Å². The van der Waals surface area contributed by atoms with E-state index in [1.165, 1.54) is 0 Å². The summed E-state index contributed by atoms with van der Waals surface area (Å²) in [6.07, 6.45) is 0.192. The van der Waals surface area contributed by atoms with Gasteiger partial charge in [-0.15, -0.1) is 0 Å². The van der Waals surface area contributed by atoms with Gasteiger partial charge in [0, 0.05) is 24.9 Å². The van der Waals surface area contributed by atoms with Crippen LogP contribution in [0.2, 0.25) is 0 Å². The number of carbonyl (C=O) groups is 1. The zero-order chi connectivity index (χ0) is 8.72. The highest BCUT2D eigenvalue weighted by Crippen LogP contribution is 2.40. The summed E-state index contributed by atoms with van der Waals surface area (Å²) in [5.74, 6) is -0.325. The number of fused-ring (bicyclic) bond motifs is 1. The van der Waals surface area contributed by atoms with E-state index in [2.05, 4.69) is 0 Å². The van der Waals surface area contributed by atoms with Crippen LogP contribution < -0.4 is 0 Å². The normalized spacial score (nSPS) is 46.0. The van der Waals surface area contributed by atoms with Crippen molar-refractivity contribution in [1.82, 2.24) is 0 Å². The Morgan fingerprint density at radius 1 is 1.58 bits per heavy atom. The van der Waals surface area contributed by atoms with Gasteiger partial charge in [-0.25, -0.2) is 0 Å². The Balaban J connectivity index is 2.11. The van der Waals surface area contributed by atoms with Crippen molar-refractivity contribution >= 4 is 5.97 Å². The van der Waals surface area contributed by atoms with Crippen LogP contribution in [0.5, 0.6) is 0 Å². The maximum Gasteiger partial charge on any atom is 0.306 e. The molecule has 1 aliphatic carbocycles. The molecular weight excluding hydrogens is 160 g/mol. The fraction of sp³-hybridized carbons (Fsp3) is 0.875. The summed E-state index contributed by atoms with van der Waals surface area (Å²) in [5, 5.41) is 18.4. The standard InChI is InChI=1S/C8H12O4/c9-3-5-4-1-8(11)12-7(4)2-6(5)10/h4-7,9-10H,1-3H2/t4-,5+,6-,7+/m0/s1. The second-order valence-electron chi connectivity index (χ2n) is 3.55. The van der Waals surface area contributed by atoms with Crippen molar-refractivity contribution in [1.29, 1.82) is 0 Å². The molecule has 2 N–H and O–H groups in total. The van der Waals surface area contributed by atoms with Gasteiger partial charge in [0.1, 0.15) is 6.10 Å². The predicted molar refractivity (Wildman–Crippen MR) is 39.2 cm³/mol. The summed E-state index contributed by atoms with van der Waals surface area (Å²) >= 11 is 0. The van der Waals surface area contributed by atoms with E-state index in [0.717, 1.165) is 0 Å². The molecule has 4 nitrogen and oxygen atoms in total. The largest absolute Gasteiger partial charge is 0.462 e. The highest BCUT2D eigenvalue weighted by atomic mass is 16.6. The molecule has 0 amide bonds. The highest BCUT2D eigenvalue weighted by molar-refractivity contribution is 5.72. The molecule has 0 aromatic carbocycles. The first kappa shape index (κ1) is 8.01. The Bertz CT molecular complexity index is 203. The minimum Gasteiger partial charge on any atom is -0.462 e. The lowest BCUT2D eigenvalue weighted by molar-refractivity contribution is -0.141. The number of aliphatic hydroxyl groups is 2. The number of rotatable bonds is 1. The zero-order valence-corrected chi connectivity index (χ0v) is 6.64. The molecule has 1 aliphatic heterocycles. The van der Waals surface area contributed by atoms with E-state index in [1.807, 2.05) is 0 Å². The van der Waals surface area contributed by atoms with Crippen molar-refractivity contribution in [3.63, 3.8) is 0 Å². The average Bonchev–Trinajstić information content (AvgIpc) is 2.43. The fourth-order valence-corrected chi connectivity index (χ4v) is 2.23. The topological polar surface area (TPSA) is 66.8 Å². The Morgan fingerprint density at radius 3 is 3.00 bits per heavy atom. The molecular formula is C8H12O4. The fourth-order valence-electron chi connectivity index (χ4n) is 2.23. The number of carbonyl (C=O) groups excluding carboxylic acids is 1. The number of ether oxygens (including phenoxy) is 1. The molecule has 68 valence electrons. The van der Waals surface area contributed by atoms with Crippen LogP contribution in [0.1, 0.15) is 12.8 Å². The molecule has 2 rings (SSSR count). The first-order valence-corrected chi connectivity index (χ1v) is 4.20. The van der Waals surface area contributed by atoms with Crippen LogP contribution in [-0.4, -0.2) is 35.0 Å². The van der Waals surface area contributed by atoms with Crippen molar-refractivity contribution < 1.29 is 19.7 Å². The van der Waals surface area contributed by atoms with Crippen LogP contribution in [0, 0.1) is 11.8 Å². The van der Waals surface area contributed by atoms with Gasteiger partial charge < -0.3 is 14.9 Å². The van der Waals surface area contributed by atoms with Crippen LogP contribution in [0.15, 0.2) is 0 Å². The molecule has 12 heavy (non-hydrogen) atoms. The lowest BCUT2D eigenvalue weighted by Gasteiger charge is -2.14. The minimum absolute atomic E-state index is 0.0394. The summed E-state index contributed by atoms with van der Waals surface area (Å²) in [7, 11) is 0. The number of hydrogen-bond acceptors (Lipinski definition) is 4. The molecule has 1 saturated heterocycles. The van der Waals surface area contributed by atoms with Gasteiger partial charge in [0.2, 0.25) is 0 Å². The van der Waals surface area contributed by atoms with Gasteiger partial charge in [0.05, 0.1) is 12.5 Å². The Labute approximate surface area is 70.1 Å². The second-order valence-corrected chi connectivity index (χ2v) is 3.55. The Morgan fingerprint density at radius 2 is 2.33 bits per heavy atom. The van der Waals surface area contributed by atoms with Gasteiger partial charge >= 0.3 is 5.97 Å². The van der Waals surface area contributed by atoms with Gasteiger partial charge in [-0.05, 0) is 0 Å². The van der Waals surface area contributed by atoms with Crippen molar-refractivity contribution in [2.24, 2.45) is 11.8 Å². The molecule has 0 radical (unpaired) electrons. The van der Waals surface area contributed by atoms with Crippen molar-refractivity contribution in [3.8, 4) is 0 Å². The number of aliphatic hydroxyl groups excluding tert-OH is 2. The van der Waals surface area contributed by atoms with Crippen LogP contribution in [-0.2, 0) is 9.53 Å². The average molecular weight is 172 g/mol. The predicted octanol–water partition coefficient (Wildman–Crippen LogP) is -0.709. The van der Waals surface area contributed by atoms with Crippen molar-refractivity contribution in [3.05, 3.63) is 0 Å². The first-order chi connectivity index (χ1) is 5.72. The highest BCUT2D eigenvalue weighted by Gasteiger charge is 2.49. The summed E-state index contributed by atoms with van der Waals surface area (Å²) in [6, 6.07) is 0. The Hall–Kier alpha value is -0.610. The molecule has 0 bridgehead atoms. The molecule has 2 aliphatic rings. The van der Waals surface area contributed by atoms with Gasteiger partial charge in [-0.3, -0.25) is 4.79 Å². The molecule has 1 heterocycles. The second kappa shape index (κ2) is 2.71. The van der Waals surface area contributed by atoms with Crippen LogP contribution in [0.25, 0.3) is 0 Å². The van der Waals surface area contributed by atoms with Crippen molar-refractivity contribution in [2.75, 3.05) is 6.61 Å². The third kappa shape index (κ3) is 1.03. The lowest BCUT2D eigenvalue weighted by atomic mass is 9.93. The summed E-state index contributed by atoms with van der Waals surface area (Å²) in [6.45, 7) is -0.0566. The molecule has 0 aromatic rings. The van der Waals surface area contributed by atoms with Crippen LogP contribution >= 0.6 is 0 Å². The van der Waals surface area contributed by atoms with Gasteiger partial charge in [0.25, 0.3) is 0 Å². The maximum atomic E-state index is 10.8. The van der Waals surface area contributed by atoms with E-state index < -0.39 is 6.10 Å². The summed E-state index contributed by atoms with van der Waals surface area (Å²) < 4.78 is 4.98. The Kier molecular flexibility index (Phi) is 1.81. The number of hydrogen-bond donors (Lipinski definition) is 2. The van der Waals surface area contributed by atoms with E-state index in [0.29, 0.717) is 12.8 Å². The van der Waals surface area contributed by atoms with E-state index in [1.54, 1.807) is 0 Å². The quantitative estimate of drug-likeness (QED) is 0.513. The van der Waals surface area contributed by atoms with E-state index in [4.69, 9.17) is 9.84 Å². The maximum absolute atomic E-state index is 10.8. The molecule has 0 spiro atoms. The van der Waals surface area contributed by atoms with E-state index >= 15 is 0 Å². The molecule has 2 fully saturated rings. The van der Waals surface area contributed by atoms with Gasteiger partial charge in [0.15, 0.2) is 0 Å². The molecule has 0 unspecified atom stereocenters. The third-order valence-electron chi connectivity index (χ3n) is 2.89. The SMILES string of the molecule is O=C1C[C@H]2[C@@H](CO)[C@@H](O)C[C@H]2O1. The molecule has 4 atom stereocenters. The first-order valence-electron chi connectivity index (χ1n) is 4.20. The monoisotopic (exact) mass is 172 g/mol. The van der Waals surface area contributed by atoms with Crippen LogP contribution in [0.3, 0.4) is 0 Å². The van der Waals surface area contributed by atoms with Crippen LogP contribution in [0.4, 0.5) is 0 Å². The van der Waals surface area contributed by atoms with E-state index in [-0.39, 0.29) is 30.5 Å². The molecule has 4 heteroatoms. The summed E-state index contributed by atoms with van der Waals surface area (Å²) in [4.78, 5) is 10.8. The minimum atomic E-state index is -0.502. The van der Waals surface area contributed by atoms with Crippen molar-refractivity contribution in [2.45, 2.75) is 25.0 Å². The van der Waals surface area contributed by atoms with E-state index in [9.17, 15) is 9.90 Å². The number of esters is 1. The summed E-state index contributed by atoms with van der Waals surface area (Å²) in [5.41, 5.74) is 0. The van der Waals surface area contributed by atoms with Gasteiger partial charge in [-0.1, -0.05) is 0 Å². The molecule has 1 saturated carbocycles. The smallest absolute Gasteiger partial charge is 0.306 e. The third-order valence-corrected chi connectivity index (χ3v) is 2.89. The molecule has 0 aromatic heterocycles.